The molecule has 0 aliphatic heterocycles. The lowest BCUT2D eigenvalue weighted by Crippen LogP contribution is -2.70. The molecule has 1 atom stereocenters. The van der Waals surface area contributed by atoms with Crippen LogP contribution in [-0.4, -0.2) is 18.1 Å². The van der Waals surface area contributed by atoms with Gasteiger partial charge in [0, 0.05) is 17.8 Å². The third kappa shape index (κ3) is 1.17. The average Bonchev–Trinajstić information content (AvgIpc) is 2.27. The number of hydrogen-bond donors (Lipinski definition) is 0. The number of aryl methyl sites for hydroxylation is 1. The van der Waals surface area contributed by atoms with E-state index in [1.807, 2.05) is 19.2 Å². The highest BCUT2D eigenvalue weighted by Crippen LogP contribution is 2.81. The summed E-state index contributed by atoms with van der Waals surface area (Å²) < 4.78 is 4.96. The van der Waals surface area contributed by atoms with Crippen molar-refractivity contribution in [3.8, 4) is 0 Å². The molecule has 2 bridgehead atoms. The summed E-state index contributed by atoms with van der Waals surface area (Å²) in [6.07, 6.45) is 3.84. The van der Waals surface area contributed by atoms with E-state index in [1.54, 1.807) is 0 Å². The van der Waals surface area contributed by atoms with Crippen molar-refractivity contribution in [2.75, 3.05) is 7.11 Å². The lowest BCUT2D eigenvalue weighted by atomic mass is 9.28. The zero-order chi connectivity index (χ0) is 12.3. The topological polar surface area (TPSA) is 39.2 Å². The fourth-order valence-electron chi connectivity index (χ4n) is 4.04. The Morgan fingerprint density at radius 2 is 2.18 bits per heavy atom. The van der Waals surface area contributed by atoms with E-state index in [0.29, 0.717) is 5.92 Å². The predicted octanol–water partition coefficient (Wildman–Crippen LogP) is 2.45. The van der Waals surface area contributed by atoms with E-state index in [4.69, 9.17) is 4.74 Å². The minimum Gasteiger partial charge on any atom is -0.469 e. The summed E-state index contributed by atoms with van der Waals surface area (Å²) in [6, 6.07) is 4.11. The highest BCUT2D eigenvalue weighted by atomic mass is 16.5. The number of methoxy groups -OCH3 is 1. The maximum atomic E-state index is 11.9. The molecule has 17 heavy (non-hydrogen) atoms. The molecule has 0 aromatic carbocycles. The smallest absolute Gasteiger partial charge is 0.312 e. The van der Waals surface area contributed by atoms with Gasteiger partial charge in [-0.05, 0) is 36.8 Å². The molecule has 1 aromatic heterocycles. The molecule has 4 rings (SSSR count). The van der Waals surface area contributed by atoms with E-state index in [9.17, 15) is 4.79 Å². The van der Waals surface area contributed by atoms with Crippen molar-refractivity contribution in [3.63, 3.8) is 0 Å². The van der Waals surface area contributed by atoms with E-state index >= 15 is 0 Å². The number of pyridine rings is 1. The quantitative estimate of drug-likeness (QED) is 0.734. The zero-order valence-corrected chi connectivity index (χ0v) is 10.5. The Balaban J connectivity index is 1.93. The molecule has 3 saturated carbocycles. The van der Waals surface area contributed by atoms with Crippen molar-refractivity contribution in [3.05, 3.63) is 29.6 Å². The Bertz CT molecular complexity index is 472. The molecule has 3 nitrogen and oxygen atoms in total. The van der Waals surface area contributed by atoms with Crippen molar-refractivity contribution in [2.24, 2.45) is 10.8 Å². The van der Waals surface area contributed by atoms with Gasteiger partial charge in [0.25, 0.3) is 0 Å². The summed E-state index contributed by atoms with van der Waals surface area (Å²) in [4.78, 5) is 16.2. The van der Waals surface area contributed by atoms with E-state index in [2.05, 4.69) is 18.0 Å². The summed E-state index contributed by atoms with van der Waals surface area (Å²) in [5.41, 5.74) is 2.23. The van der Waals surface area contributed by atoms with E-state index < -0.39 is 0 Å². The van der Waals surface area contributed by atoms with E-state index in [0.717, 1.165) is 18.5 Å². The van der Waals surface area contributed by atoms with Crippen LogP contribution in [0.2, 0.25) is 0 Å². The summed E-state index contributed by atoms with van der Waals surface area (Å²) in [6.45, 7) is 4.23. The third-order valence-corrected chi connectivity index (χ3v) is 4.55. The molecular weight excluding hydrogens is 214 g/mol. The molecule has 0 spiro atoms. The second-order valence-corrected chi connectivity index (χ2v) is 5.82. The fourth-order valence-corrected chi connectivity index (χ4v) is 4.04. The van der Waals surface area contributed by atoms with E-state index in [-0.39, 0.29) is 16.8 Å². The average molecular weight is 231 g/mol. The summed E-state index contributed by atoms with van der Waals surface area (Å²) in [7, 11) is 1.48. The van der Waals surface area contributed by atoms with Gasteiger partial charge >= 0.3 is 5.97 Å². The number of aromatic nitrogens is 1. The molecule has 0 amide bonds. The van der Waals surface area contributed by atoms with Gasteiger partial charge in [0.15, 0.2) is 0 Å². The van der Waals surface area contributed by atoms with Gasteiger partial charge in [-0.2, -0.15) is 0 Å². The van der Waals surface area contributed by atoms with Gasteiger partial charge in [-0.15, -0.1) is 0 Å². The Labute approximate surface area is 101 Å². The van der Waals surface area contributed by atoms with Crippen LogP contribution >= 0.6 is 0 Å². The van der Waals surface area contributed by atoms with Crippen LogP contribution in [-0.2, 0) is 9.53 Å². The molecule has 1 heterocycles. The maximum Gasteiger partial charge on any atom is 0.312 e. The molecule has 3 heteroatoms. The highest BCUT2D eigenvalue weighted by molar-refractivity contribution is 5.83. The molecular formula is C14H17NO2. The normalized spacial score (nSPS) is 37.9. The van der Waals surface area contributed by atoms with Gasteiger partial charge in [-0.1, -0.05) is 13.0 Å². The van der Waals surface area contributed by atoms with E-state index in [1.165, 1.54) is 12.7 Å². The molecule has 1 unspecified atom stereocenters. The second-order valence-electron chi connectivity index (χ2n) is 5.82. The first-order valence-electron chi connectivity index (χ1n) is 6.03. The van der Waals surface area contributed by atoms with Gasteiger partial charge in [0.1, 0.15) is 0 Å². The van der Waals surface area contributed by atoms with Crippen molar-refractivity contribution >= 4 is 5.97 Å². The van der Waals surface area contributed by atoms with Gasteiger partial charge < -0.3 is 4.74 Å². The molecule has 3 aliphatic carbocycles. The Morgan fingerprint density at radius 1 is 1.47 bits per heavy atom. The van der Waals surface area contributed by atoms with Gasteiger partial charge in [0.2, 0.25) is 0 Å². The van der Waals surface area contributed by atoms with Gasteiger partial charge in [-0.3, -0.25) is 9.78 Å². The molecule has 3 fully saturated rings. The largest absolute Gasteiger partial charge is 0.469 e. The van der Waals surface area contributed by atoms with Crippen molar-refractivity contribution < 1.29 is 9.53 Å². The Hall–Kier alpha value is -1.38. The molecule has 1 aromatic rings. The number of carbonyl (C=O) groups excluding carboxylic acids is 1. The maximum absolute atomic E-state index is 11.9. The molecule has 3 aliphatic rings. The lowest BCUT2D eigenvalue weighted by molar-refractivity contribution is -0.237. The molecule has 0 radical (unpaired) electrons. The first-order chi connectivity index (χ1) is 8.02. The molecule has 0 saturated heterocycles. The SMILES string of the molecule is COC(=O)C12CC(C)(C1)C2c1ccc(C)nc1. The lowest BCUT2D eigenvalue weighted by Gasteiger charge is -2.73. The molecule has 0 N–H and O–H groups in total. The van der Waals surface area contributed by atoms with Crippen LogP contribution in [0.15, 0.2) is 18.3 Å². The minimum absolute atomic E-state index is 0.0493. The van der Waals surface area contributed by atoms with Crippen LogP contribution < -0.4 is 0 Å². The van der Waals surface area contributed by atoms with Crippen LogP contribution in [0.25, 0.3) is 0 Å². The highest BCUT2D eigenvalue weighted by Gasteiger charge is 2.77. The summed E-state index contributed by atoms with van der Waals surface area (Å²) >= 11 is 0. The number of esters is 1. The first kappa shape index (κ1) is 10.8. The van der Waals surface area contributed by atoms with Gasteiger partial charge in [0.05, 0.1) is 12.5 Å². The van der Waals surface area contributed by atoms with Crippen LogP contribution in [0.3, 0.4) is 0 Å². The predicted molar refractivity (Wildman–Crippen MR) is 63.5 cm³/mol. The number of carbonyl (C=O) groups is 1. The molecule has 90 valence electrons. The minimum atomic E-state index is -0.250. The van der Waals surface area contributed by atoms with Crippen LogP contribution in [0.5, 0.6) is 0 Å². The summed E-state index contributed by atoms with van der Waals surface area (Å²) in [5, 5.41) is 0. The third-order valence-electron chi connectivity index (χ3n) is 4.55. The zero-order valence-electron chi connectivity index (χ0n) is 10.5. The Kier molecular flexibility index (Phi) is 1.96. The Morgan fingerprint density at radius 3 is 2.65 bits per heavy atom. The number of nitrogens with zero attached hydrogens (tertiary/aromatic N) is 1. The second kappa shape index (κ2) is 3.09. The standard InChI is InChI=1S/C14H17NO2/c1-9-4-5-10(6-15-9)11-13(2)7-14(11,8-13)12(16)17-3/h4-6,11H,7-8H2,1-3H3. The van der Waals surface area contributed by atoms with Crippen LogP contribution in [0.1, 0.15) is 36.9 Å². The first-order valence-corrected chi connectivity index (χ1v) is 6.03. The van der Waals surface area contributed by atoms with Crippen molar-refractivity contribution in [1.82, 2.24) is 4.98 Å². The number of hydrogen-bond acceptors (Lipinski definition) is 3. The van der Waals surface area contributed by atoms with Crippen LogP contribution in [0.4, 0.5) is 0 Å². The number of rotatable bonds is 2. The fraction of sp³-hybridized carbons (Fsp3) is 0.571. The van der Waals surface area contributed by atoms with Crippen molar-refractivity contribution in [2.45, 2.75) is 32.6 Å². The van der Waals surface area contributed by atoms with Gasteiger partial charge in [-0.25, -0.2) is 0 Å². The monoisotopic (exact) mass is 231 g/mol. The van der Waals surface area contributed by atoms with Crippen LogP contribution in [0, 0.1) is 17.8 Å². The van der Waals surface area contributed by atoms with Crippen molar-refractivity contribution in [1.29, 1.82) is 0 Å². The summed E-state index contributed by atoms with van der Waals surface area (Å²) in [5.74, 6) is 0.252. The number of ether oxygens (including phenoxy) is 1.